The van der Waals surface area contributed by atoms with E-state index in [-0.39, 0.29) is 12.3 Å². The molecular formula is C23H20Cl2N2O3. The van der Waals surface area contributed by atoms with Gasteiger partial charge in [0.15, 0.2) is 0 Å². The molecule has 0 bridgehead atoms. The van der Waals surface area contributed by atoms with Crippen LogP contribution in [0.3, 0.4) is 0 Å². The van der Waals surface area contributed by atoms with Crippen molar-refractivity contribution >= 4 is 52.1 Å². The first kappa shape index (κ1) is 21.7. The first-order chi connectivity index (χ1) is 14.5. The van der Waals surface area contributed by atoms with E-state index in [2.05, 4.69) is 10.6 Å². The number of para-hydroxylation sites is 2. The van der Waals surface area contributed by atoms with Crippen LogP contribution in [-0.4, -0.2) is 18.5 Å². The Morgan fingerprint density at radius 1 is 0.900 bits per heavy atom. The summed E-state index contributed by atoms with van der Waals surface area (Å²) >= 11 is 12.5. The van der Waals surface area contributed by atoms with E-state index < -0.39 is 5.97 Å². The number of hydrogen-bond acceptors (Lipinski definition) is 4. The lowest BCUT2D eigenvalue weighted by atomic mass is 10.1. The summed E-state index contributed by atoms with van der Waals surface area (Å²) in [5.74, 6) is -0.591. The van der Waals surface area contributed by atoms with Gasteiger partial charge in [-0.3, -0.25) is 4.79 Å². The Hall–Kier alpha value is -3.02. The molecule has 0 aliphatic rings. The monoisotopic (exact) mass is 442 g/mol. The van der Waals surface area contributed by atoms with E-state index in [4.69, 9.17) is 27.9 Å². The first-order valence-corrected chi connectivity index (χ1v) is 10.1. The lowest BCUT2D eigenvalue weighted by molar-refractivity contribution is -0.115. The fourth-order valence-corrected chi connectivity index (χ4v) is 3.32. The van der Waals surface area contributed by atoms with E-state index in [1.165, 1.54) is 0 Å². The summed E-state index contributed by atoms with van der Waals surface area (Å²) in [5, 5.41) is 7.02. The maximum Gasteiger partial charge on any atom is 0.338 e. The van der Waals surface area contributed by atoms with Crippen LogP contribution in [-0.2, 0) is 16.0 Å². The van der Waals surface area contributed by atoms with Crippen LogP contribution in [0.1, 0.15) is 22.8 Å². The van der Waals surface area contributed by atoms with E-state index in [9.17, 15) is 9.59 Å². The summed E-state index contributed by atoms with van der Waals surface area (Å²) in [6.45, 7) is 2.06. The Morgan fingerprint density at radius 3 is 2.23 bits per heavy atom. The number of anilines is 3. The van der Waals surface area contributed by atoms with Crippen LogP contribution < -0.4 is 10.6 Å². The topological polar surface area (TPSA) is 67.4 Å². The van der Waals surface area contributed by atoms with Gasteiger partial charge in [0.05, 0.1) is 34.3 Å². The number of nitrogens with one attached hydrogen (secondary N) is 2. The van der Waals surface area contributed by atoms with Gasteiger partial charge < -0.3 is 15.4 Å². The number of carbonyl (C=O) groups excluding carboxylic acids is 2. The minimum absolute atomic E-state index is 0.144. The quantitative estimate of drug-likeness (QED) is 0.434. The predicted octanol–water partition coefficient (Wildman–Crippen LogP) is 6.09. The maximum absolute atomic E-state index is 12.6. The molecule has 0 unspecified atom stereocenters. The van der Waals surface area contributed by atoms with Crippen molar-refractivity contribution in [2.75, 3.05) is 17.2 Å². The molecule has 0 saturated carbocycles. The van der Waals surface area contributed by atoms with Gasteiger partial charge in [-0.25, -0.2) is 4.79 Å². The molecule has 5 nitrogen and oxygen atoms in total. The molecule has 0 aliphatic carbocycles. The van der Waals surface area contributed by atoms with Gasteiger partial charge in [0, 0.05) is 11.4 Å². The predicted molar refractivity (Wildman–Crippen MR) is 121 cm³/mol. The van der Waals surface area contributed by atoms with Gasteiger partial charge >= 0.3 is 5.97 Å². The Bertz CT molecular complexity index is 1030. The van der Waals surface area contributed by atoms with Gasteiger partial charge in [0.25, 0.3) is 0 Å². The zero-order valence-electron chi connectivity index (χ0n) is 16.2. The SMILES string of the molecule is CCOC(=O)c1ccc(NC(=O)Cc2ccccc2Nc2c(Cl)cccc2Cl)cc1. The number of hydrogen-bond donors (Lipinski definition) is 2. The van der Waals surface area contributed by atoms with Crippen molar-refractivity contribution in [2.24, 2.45) is 0 Å². The zero-order valence-corrected chi connectivity index (χ0v) is 17.8. The molecule has 0 aliphatic heterocycles. The van der Waals surface area contributed by atoms with Gasteiger partial charge in [-0.1, -0.05) is 47.5 Å². The molecule has 154 valence electrons. The number of benzene rings is 3. The Morgan fingerprint density at radius 2 is 1.57 bits per heavy atom. The summed E-state index contributed by atoms with van der Waals surface area (Å²) in [6, 6.07) is 19.2. The Balaban J connectivity index is 1.69. The molecule has 0 spiro atoms. The number of rotatable bonds is 7. The van der Waals surface area contributed by atoms with Crippen LogP contribution in [0.5, 0.6) is 0 Å². The molecule has 0 radical (unpaired) electrons. The first-order valence-electron chi connectivity index (χ1n) is 9.34. The van der Waals surface area contributed by atoms with E-state index >= 15 is 0 Å². The fraction of sp³-hybridized carbons (Fsp3) is 0.130. The molecule has 0 aromatic heterocycles. The Labute approximate surface area is 185 Å². The van der Waals surface area contributed by atoms with Crippen molar-refractivity contribution in [3.05, 3.63) is 87.9 Å². The van der Waals surface area contributed by atoms with Crippen LogP contribution in [0.4, 0.5) is 17.1 Å². The molecule has 0 atom stereocenters. The van der Waals surface area contributed by atoms with Gasteiger partial charge in [-0.15, -0.1) is 0 Å². The third-order valence-corrected chi connectivity index (χ3v) is 4.90. The van der Waals surface area contributed by atoms with E-state index in [0.717, 1.165) is 11.3 Å². The second-order valence-corrected chi connectivity index (χ2v) is 7.22. The largest absolute Gasteiger partial charge is 0.462 e. The highest BCUT2D eigenvalue weighted by atomic mass is 35.5. The van der Waals surface area contributed by atoms with Crippen molar-refractivity contribution in [1.29, 1.82) is 0 Å². The number of halogens is 2. The van der Waals surface area contributed by atoms with Crippen LogP contribution in [0, 0.1) is 0 Å². The molecular weight excluding hydrogens is 423 g/mol. The lowest BCUT2D eigenvalue weighted by Crippen LogP contribution is -2.15. The Kier molecular flexibility index (Phi) is 7.33. The fourth-order valence-electron chi connectivity index (χ4n) is 2.83. The van der Waals surface area contributed by atoms with Gasteiger partial charge in [0.1, 0.15) is 0 Å². The summed E-state index contributed by atoms with van der Waals surface area (Å²) in [6.07, 6.45) is 0.144. The van der Waals surface area contributed by atoms with Crippen molar-refractivity contribution < 1.29 is 14.3 Å². The number of amides is 1. The van der Waals surface area contributed by atoms with Crippen LogP contribution in [0.15, 0.2) is 66.7 Å². The average molecular weight is 443 g/mol. The highest BCUT2D eigenvalue weighted by Crippen LogP contribution is 2.33. The van der Waals surface area contributed by atoms with Crippen molar-refractivity contribution in [2.45, 2.75) is 13.3 Å². The summed E-state index contributed by atoms with van der Waals surface area (Å²) in [4.78, 5) is 24.3. The molecule has 3 aromatic carbocycles. The molecule has 1 amide bonds. The molecule has 2 N–H and O–H groups in total. The highest BCUT2D eigenvalue weighted by Gasteiger charge is 2.12. The van der Waals surface area contributed by atoms with Crippen LogP contribution in [0.25, 0.3) is 0 Å². The lowest BCUT2D eigenvalue weighted by Gasteiger charge is -2.14. The van der Waals surface area contributed by atoms with E-state index in [0.29, 0.717) is 33.6 Å². The van der Waals surface area contributed by atoms with Gasteiger partial charge in [-0.2, -0.15) is 0 Å². The zero-order chi connectivity index (χ0) is 21.5. The summed E-state index contributed by atoms with van der Waals surface area (Å²) in [5.41, 5.74) is 3.13. The molecule has 0 fully saturated rings. The third-order valence-electron chi connectivity index (χ3n) is 4.27. The van der Waals surface area contributed by atoms with Crippen molar-refractivity contribution in [3.63, 3.8) is 0 Å². The molecule has 30 heavy (non-hydrogen) atoms. The molecule has 3 rings (SSSR count). The van der Waals surface area contributed by atoms with Gasteiger partial charge in [0.2, 0.25) is 5.91 Å². The standard InChI is InChI=1S/C23H20Cl2N2O3/c1-2-30-23(29)15-10-12-17(13-11-15)26-21(28)14-16-6-3-4-9-20(16)27-22-18(24)7-5-8-19(22)25/h3-13,27H,2,14H2,1H3,(H,26,28). The second kappa shape index (κ2) is 10.1. The smallest absolute Gasteiger partial charge is 0.338 e. The molecule has 7 heteroatoms. The number of carbonyl (C=O) groups is 2. The minimum atomic E-state index is -0.395. The number of esters is 1. The summed E-state index contributed by atoms with van der Waals surface area (Å²) in [7, 11) is 0. The normalized spacial score (nSPS) is 10.4. The van der Waals surface area contributed by atoms with E-state index in [1.807, 2.05) is 24.3 Å². The van der Waals surface area contributed by atoms with Crippen molar-refractivity contribution in [1.82, 2.24) is 0 Å². The third kappa shape index (κ3) is 5.53. The van der Waals surface area contributed by atoms with Crippen LogP contribution in [0.2, 0.25) is 10.0 Å². The average Bonchev–Trinajstić information content (AvgIpc) is 2.72. The molecule has 0 saturated heterocycles. The van der Waals surface area contributed by atoms with Crippen LogP contribution >= 0.6 is 23.2 Å². The summed E-state index contributed by atoms with van der Waals surface area (Å²) < 4.78 is 4.95. The number of ether oxygens (including phenoxy) is 1. The molecule has 3 aromatic rings. The van der Waals surface area contributed by atoms with E-state index in [1.54, 1.807) is 49.4 Å². The molecule has 0 heterocycles. The highest BCUT2D eigenvalue weighted by molar-refractivity contribution is 6.39. The maximum atomic E-state index is 12.6. The second-order valence-electron chi connectivity index (χ2n) is 6.40. The van der Waals surface area contributed by atoms with Gasteiger partial charge in [-0.05, 0) is 55.0 Å². The van der Waals surface area contributed by atoms with Crippen molar-refractivity contribution in [3.8, 4) is 0 Å². The minimum Gasteiger partial charge on any atom is -0.462 e.